The monoisotopic (exact) mass is 1350 g/mol. The smallest absolute Gasteiger partial charge is 0.412 e. The van der Waals surface area contributed by atoms with Gasteiger partial charge in [0, 0.05) is 56.7 Å². The van der Waals surface area contributed by atoms with Gasteiger partial charge in [-0.25, -0.2) is 57.6 Å². The highest BCUT2D eigenvalue weighted by molar-refractivity contribution is 8.44. The molecular formula is C51H62F2N16O18P2S2. The standard InChI is InChI=1S/C51H62F2N16O18P2S2/c1-25(2)37(64-32(71)12-14-67-33(72)10-11-34(67)73)29(70)17-27(5-4-13-56-49(55)75)46(74)63-28-8-6-26(7-9-28)18-81-51(77)66(3)15-16-80-50(76)65-43-39-45(60-22-58-43)69(24-62-39)48-41-36(53)31(85-48)20-83-88(78,90)86-40-35(52)30(19-82-89(79,91)87-41)84-47(40)68-23-61-38-42(54)57-21-59-44(38)68/h6-11,21-25,27,30-31,35-37,40-41,47-48H,4-5,12-20H2,1-3H3,(H,63,74)(H,64,71)(H,78,90)(H,79,91)(H2,54,57,59)(H3,55,56,75)(H,58,60,65,76)/t27-,30-,31-,35-,36-,37+,40-,41-,47-,48-,88?,89?/m1/s1. The number of benzene rings is 1. The molecule has 9 rings (SSSR count). The van der Waals surface area contributed by atoms with Crippen molar-refractivity contribution in [1.82, 2.24) is 59.5 Å². The highest BCUT2D eigenvalue weighted by Crippen LogP contribution is 2.59. The van der Waals surface area contributed by atoms with Crippen molar-refractivity contribution in [1.29, 1.82) is 0 Å². The number of Topliss-reactive ketones (excluding diaryl/α,β-unsaturated/α-hetero) is 1. The number of imidazole rings is 2. The van der Waals surface area contributed by atoms with E-state index < -0.39 is 141 Å². The number of thiol groups is 1. The zero-order chi connectivity index (χ0) is 65.5. The number of fused-ring (bicyclic) bond motifs is 6. The van der Waals surface area contributed by atoms with Crippen LogP contribution in [0.3, 0.4) is 0 Å². The van der Waals surface area contributed by atoms with Gasteiger partial charge < -0.3 is 60.7 Å². The molecule has 4 aromatic heterocycles. The van der Waals surface area contributed by atoms with Crippen LogP contribution in [0, 0.1) is 11.8 Å². The van der Waals surface area contributed by atoms with Crippen LogP contribution in [0.1, 0.15) is 57.6 Å². The van der Waals surface area contributed by atoms with E-state index in [1.165, 1.54) is 22.5 Å². The SMILES string of the molecule is CC(C)[C@H](NC(=O)CCN1C(=O)C=CC1=O)C(=O)C[C@@H](CCCNC(N)=O)C(=O)Nc1ccc(COC(=O)N(C)CCOC(=O)Nc2ncnc3c2ncn3[C@@H]2O[C@@H]3COP(O)(=S)O[C@@H]4[C@H](F)[C@@H](COP(=O)(S)O[C@@H]2[C@@H]3F)O[C@H]4n2cnc3c(N)ncnc32)cc1. The van der Waals surface area contributed by atoms with E-state index >= 15 is 8.78 Å². The first-order valence-electron chi connectivity index (χ1n) is 27.9. The number of hydrogen-bond acceptors (Lipinski definition) is 25. The van der Waals surface area contributed by atoms with Crippen LogP contribution in [0.25, 0.3) is 22.3 Å². The average Bonchev–Trinajstić information content (AvgIpc) is 1.69. The first kappa shape index (κ1) is 67.6. The Bertz CT molecular complexity index is 3690. The number of urea groups is 1. The lowest BCUT2D eigenvalue weighted by molar-refractivity contribution is -0.137. The molecule has 4 aliphatic heterocycles. The Morgan fingerprint density at radius 3 is 2.13 bits per heavy atom. The van der Waals surface area contributed by atoms with Gasteiger partial charge >= 0.3 is 31.7 Å². The predicted octanol–water partition coefficient (Wildman–Crippen LogP) is 3.03. The Labute approximate surface area is 525 Å². The van der Waals surface area contributed by atoms with Crippen molar-refractivity contribution in [3.05, 3.63) is 67.3 Å². The summed E-state index contributed by atoms with van der Waals surface area (Å²) in [5.74, 6) is -4.16. The van der Waals surface area contributed by atoms with Crippen molar-refractivity contribution >= 4 is 125 Å². The number of ketones is 1. The molecule has 0 radical (unpaired) electrons. The van der Waals surface area contributed by atoms with Gasteiger partial charge in [0.25, 0.3) is 11.8 Å². The van der Waals surface area contributed by atoms with Gasteiger partial charge in [-0.2, -0.15) is 0 Å². The minimum Gasteiger partial charge on any atom is -0.447 e. The zero-order valence-corrected chi connectivity index (χ0v) is 51.9. The minimum absolute atomic E-state index is 0.00109. The Morgan fingerprint density at radius 2 is 1.48 bits per heavy atom. The number of ether oxygens (including phenoxy) is 4. The molecule has 5 aromatic rings. The summed E-state index contributed by atoms with van der Waals surface area (Å²) in [6.45, 7) is -8.10. The quantitative estimate of drug-likeness (QED) is 0.0214. The van der Waals surface area contributed by atoms with E-state index in [9.17, 15) is 47.8 Å². The van der Waals surface area contributed by atoms with Crippen LogP contribution in [0.4, 0.5) is 40.5 Å². The van der Waals surface area contributed by atoms with Crippen LogP contribution < -0.4 is 32.7 Å². The number of carbonyl (C=O) groups is 8. The van der Waals surface area contributed by atoms with Gasteiger partial charge in [-0.3, -0.25) is 56.9 Å². The lowest BCUT2D eigenvalue weighted by Gasteiger charge is -2.26. The van der Waals surface area contributed by atoms with Crippen LogP contribution in [0.15, 0.2) is 61.7 Å². The summed E-state index contributed by atoms with van der Waals surface area (Å²) in [4.78, 5) is 139. The molecule has 0 spiro atoms. The van der Waals surface area contributed by atoms with Crippen molar-refractivity contribution in [3.63, 3.8) is 0 Å². The molecule has 8 amide bonds. The molecule has 0 aliphatic carbocycles. The number of imide groups is 1. The van der Waals surface area contributed by atoms with Crippen molar-refractivity contribution < 1.29 is 93.6 Å². The first-order chi connectivity index (χ1) is 43.3. The van der Waals surface area contributed by atoms with Crippen molar-refractivity contribution in [2.24, 2.45) is 17.6 Å². The number of amides is 8. The number of halogens is 2. The Balaban J connectivity index is 0.752. The van der Waals surface area contributed by atoms with Gasteiger partial charge in [0.05, 0.1) is 38.5 Å². The number of nitrogen functional groups attached to an aromatic ring is 1. The molecule has 34 nitrogen and oxygen atoms in total. The molecule has 4 aliphatic rings. The fourth-order valence-electron chi connectivity index (χ4n) is 9.89. The van der Waals surface area contributed by atoms with Gasteiger partial charge in [0.15, 0.2) is 59.0 Å². The molecule has 12 atom stereocenters. The minimum atomic E-state index is -4.65. The molecule has 1 aromatic carbocycles. The third kappa shape index (κ3) is 16.7. The van der Waals surface area contributed by atoms with E-state index in [0.29, 0.717) is 11.3 Å². The summed E-state index contributed by atoms with van der Waals surface area (Å²) in [5.41, 5.74) is 12.1. The number of likely N-dealkylation sites (N-methyl/N-ethyl adjacent to an activating group) is 1. The molecule has 4 bridgehead atoms. The van der Waals surface area contributed by atoms with E-state index in [2.05, 4.69) is 63.4 Å². The van der Waals surface area contributed by atoms with Crippen molar-refractivity contribution in [3.8, 4) is 0 Å². The maximum absolute atomic E-state index is 16.5. The number of hydrogen-bond donors (Lipinski definition) is 8. The fraction of sp³-hybridized carbons (Fsp3) is 0.490. The summed E-state index contributed by atoms with van der Waals surface area (Å²) in [7, 11) is 1.39. The molecule has 9 N–H and O–H groups in total. The second-order valence-corrected chi connectivity index (χ2v) is 26.9. The zero-order valence-electron chi connectivity index (χ0n) is 48.4. The van der Waals surface area contributed by atoms with E-state index in [1.54, 1.807) is 38.1 Å². The Kier molecular flexibility index (Phi) is 21.7. The third-order valence-electron chi connectivity index (χ3n) is 14.6. The molecule has 40 heteroatoms. The van der Waals surface area contributed by atoms with E-state index in [4.69, 9.17) is 60.3 Å². The summed E-state index contributed by atoms with van der Waals surface area (Å²) < 4.78 is 94.0. The van der Waals surface area contributed by atoms with E-state index in [1.807, 2.05) is 0 Å². The van der Waals surface area contributed by atoms with Crippen LogP contribution in [0.2, 0.25) is 0 Å². The third-order valence-corrected chi connectivity index (χ3v) is 17.7. The molecule has 490 valence electrons. The number of primary amides is 1. The van der Waals surface area contributed by atoms with Crippen LogP contribution in [-0.4, -0.2) is 191 Å². The Hall–Kier alpha value is -7.77. The summed E-state index contributed by atoms with van der Waals surface area (Å²) >= 11 is 9.31. The summed E-state index contributed by atoms with van der Waals surface area (Å²) in [6, 6.07) is 4.48. The fourth-order valence-corrected chi connectivity index (χ4v) is 12.7. The van der Waals surface area contributed by atoms with E-state index in [0.717, 1.165) is 40.9 Å². The van der Waals surface area contributed by atoms with Crippen molar-refractivity contribution in [2.75, 3.05) is 62.9 Å². The maximum Gasteiger partial charge on any atom is 0.412 e. The lowest BCUT2D eigenvalue weighted by atomic mass is 9.89. The molecule has 2 unspecified atom stereocenters. The number of anilines is 3. The predicted molar refractivity (Wildman–Crippen MR) is 317 cm³/mol. The number of rotatable bonds is 22. The van der Waals surface area contributed by atoms with Crippen LogP contribution >= 0.6 is 25.8 Å². The highest BCUT2D eigenvalue weighted by Gasteiger charge is 2.54. The molecule has 8 heterocycles. The number of nitrogens with zero attached hydrogens (tertiary/aromatic N) is 10. The summed E-state index contributed by atoms with van der Waals surface area (Å²) in [6.07, 6.45) is -9.39. The maximum atomic E-state index is 16.5. The molecular weight excluding hydrogens is 1290 g/mol. The highest BCUT2D eigenvalue weighted by atomic mass is 32.7. The molecule has 3 fully saturated rings. The first-order valence-corrected chi connectivity index (χ1v) is 33.2. The van der Waals surface area contributed by atoms with Crippen LogP contribution in [-0.2, 0) is 84.0 Å². The van der Waals surface area contributed by atoms with Crippen molar-refractivity contribution in [2.45, 2.75) is 101 Å². The number of carbonyl (C=O) groups excluding carboxylic acids is 8. The average molecular weight is 1350 g/mol. The Morgan fingerprint density at radius 1 is 0.868 bits per heavy atom. The van der Waals surface area contributed by atoms with Gasteiger partial charge in [-0.15, -0.1) is 0 Å². The van der Waals surface area contributed by atoms with Gasteiger partial charge in [-0.05, 0) is 48.3 Å². The number of nitrogens with one attached hydrogen (secondary N) is 4. The number of aromatic nitrogens is 8. The molecule has 91 heavy (non-hydrogen) atoms. The lowest BCUT2D eigenvalue weighted by Crippen LogP contribution is -2.46. The largest absolute Gasteiger partial charge is 0.447 e. The molecule has 3 saturated heterocycles. The number of alkyl halides is 2. The summed E-state index contributed by atoms with van der Waals surface area (Å²) in [5, 5.41) is 10.3. The second-order valence-electron chi connectivity index (χ2n) is 21.2. The van der Waals surface area contributed by atoms with Gasteiger partial charge in [0.2, 0.25) is 11.8 Å². The topological polar surface area (TPSA) is 442 Å². The van der Waals surface area contributed by atoms with Crippen LogP contribution in [0.5, 0.6) is 0 Å². The van der Waals surface area contributed by atoms with Gasteiger partial charge in [0.1, 0.15) is 55.8 Å². The van der Waals surface area contributed by atoms with Gasteiger partial charge in [-0.1, -0.05) is 38.2 Å². The van der Waals surface area contributed by atoms with E-state index in [-0.39, 0.29) is 92.5 Å². The normalized spacial score (nSPS) is 25.6. The molecule has 0 saturated carbocycles. The number of nitrogens with two attached hydrogens (primary N) is 2. The second kappa shape index (κ2) is 29.2.